The molecule has 66 heavy (non-hydrogen) atoms. The molecule has 0 saturated heterocycles. The van der Waals surface area contributed by atoms with Gasteiger partial charge >= 0.3 is 17.9 Å². The number of hydrogen-bond acceptors (Lipinski definition) is 12. The minimum atomic E-state index is -4.77. The van der Waals surface area contributed by atoms with Gasteiger partial charge in [0.25, 0.3) is 7.82 Å². The minimum Gasteiger partial charge on any atom is -0.756 e. The fourth-order valence-corrected chi connectivity index (χ4v) is 8.04. The number of aliphatic hydroxyl groups is 1. The number of carbonyl (C=O) groups excluding carboxylic acids is 2. The van der Waals surface area contributed by atoms with Crippen molar-refractivity contribution in [3.63, 3.8) is 0 Å². The molecule has 0 fully saturated rings. The molecule has 0 aliphatic heterocycles. The third-order valence-electron chi connectivity index (χ3n) is 10.2. The second kappa shape index (κ2) is 42.3. The second-order valence-corrected chi connectivity index (χ2v) is 20.3. The maximum atomic E-state index is 13.1. The Balaban J connectivity index is 5.18. The largest absolute Gasteiger partial charge is 0.756 e. The molecule has 15 heteroatoms. The molecule has 0 spiro atoms. The van der Waals surface area contributed by atoms with Gasteiger partial charge in [0.1, 0.15) is 25.8 Å². The molecule has 1 unspecified atom stereocenters. The predicted octanol–water partition coefficient (Wildman–Crippen LogP) is 10.5. The summed E-state index contributed by atoms with van der Waals surface area (Å²) in [4.78, 5) is 49.5. The van der Waals surface area contributed by atoms with Gasteiger partial charge in [0.05, 0.1) is 33.9 Å². The number of hydrogen-bond donors (Lipinski definition) is 3. The van der Waals surface area contributed by atoms with Crippen LogP contribution < -0.4 is 10.6 Å². The van der Waals surface area contributed by atoms with E-state index in [1.807, 2.05) is 45.4 Å². The van der Waals surface area contributed by atoms with Crippen LogP contribution in [0.2, 0.25) is 0 Å². The van der Waals surface area contributed by atoms with E-state index >= 15 is 0 Å². The monoisotopic (exact) mass is 969 g/mol. The van der Waals surface area contributed by atoms with Gasteiger partial charge in [-0.15, -0.1) is 11.8 Å². The summed E-state index contributed by atoms with van der Waals surface area (Å²) in [5.41, 5.74) is 6.20. The van der Waals surface area contributed by atoms with E-state index in [0.717, 1.165) is 70.6 Å². The Morgan fingerprint density at radius 2 is 1.27 bits per heavy atom. The smallest absolute Gasteiger partial charge is 0.323 e. The summed E-state index contributed by atoms with van der Waals surface area (Å²) >= 11 is 1.22. The number of likely N-dealkylation sites (N-methyl/N-ethyl adjacent to an activating group) is 1. The normalized spacial score (nSPS) is 15.4. The van der Waals surface area contributed by atoms with Gasteiger partial charge in [-0.1, -0.05) is 145 Å². The maximum Gasteiger partial charge on any atom is 0.323 e. The van der Waals surface area contributed by atoms with Gasteiger partial charge in [-0.05, 0) is 70.6 Å². The number of esters is 2. The van der Waals surface area contributed by atoms with Crippen LogP contribution in [0.4, 0.5) is 0 Å². The maximum absolute atomic E-state index is 13.1. The molecule has 0 amide bonds. The molecule has 0 radical (unpaired) electrons. The zero-order chi connectivity index (χ0) is 49.2. The molecule has 380 valence electrons. The van der Waals surface area contributed by atoms with Crippen LogP contribution >= 0.6 is 19.6 Å². The molecular weight excluding hydrogens is 880 g/mol. The van der Waals surface area contributed by atoms with Crippen LogP contribution in [0, 0.1) is 0 Å². The van der Waals surface area contributed by atoms with Gasteiger partial charge in [-0.2, -0.15) is 0 Å². The zero-order valence-corrected chi connectivity index (χ0v) is 43.0. The van der Waals surface area contributed by atoms with Crippen molar-refractivity contribution in [2.75, 3.05) is 53.3 Å². The van der Waals surface area contributed by atoms with Crippen molar-refractivity contribution in [2.45, 2.75) is 179 Å². The summed E-state index contributed by atoms with van der Waals surface area (Å²) in [5, 5.41) is 19.5. The number of carboxylic acid groups (broad SMARTS) is 1. The number of phosphoric acid groups is 1. The third kappa shape index (κ3) is 42.5. The SMILES string of the molecule is CCCCC/C=C\C\C=C/C=C/C=C/[C@@H](SC[C@H](N)C(=O)OC[C@H](COP(=O)([O-])OCC[N+](C)(C)C)OC(=O)CCCCCCCCC/C=C\C/C=C\CCCCC)[C@@H](O)CCCC(=O)O. The molecule has 0 aromatic carbocycles. The first-order chi connectivity index (χ1) is 31.6. The lowest BCUT2D eigenvalue weighted by Crippen LogP contribution is -2.39. The van der Waals surface area contributed by atoms with E-state index in [-0.39, 0.29) is 38.0 Å². The standard InChI is InChI=1S/C51H89N2O11PS/c1-6-8-10-12-14-16-18-20-21-22-23-24-26-28-30-32-34-39-50(57)64-45(43-63-65(59,60)62-41-40-53(3,4)5)42-61-51(58)46(52)44-66-48(47(54)36-35-38-49(55)56)37-33-31-29-27-25-19-17-15-13-11-9-7-2/h14-17,20-21,25,27,29,31,33,37,45-48,54H,6-13,18-19,22-24,26,28,30,32,34-36,38-44,52H2,1-5H3,(H-,55,56,59,60)/b16-14-,17-15-,21-20-,27-25-,31-29+,37-33+/t45-,46+,47+,48-/m1/s1. The van der Waals surface area contributed by atoms with Crippen LogP contribution in [0.25, 0.3) is 0 Å². The predicted molar refractivity (Wildman–Crippen MR) is 269 cm³/mol. The van der Waals surface area contributed by atoms with Crippen LogP contribution in [-0.2, 0) is 37.5 Å². The minimum absolute atomic E-state index is 0.0447. The van der Waals surface area contributed by atoms with Gasteiger partial charge in [0, 0.05) is 23.8 Å². The number of nitrogens with two attached hydrogens (primary N) is 1. The van der Waals surface area contributed by atoms with Crippen LogP contribution in [-0.4, -0.2) is 109 Å². The highest BCUT2D eigenvalue weighted by Gasteiger charge is 2.25. The molecule has 13 nitrogen and oxygen atoms in total. The molecular formula is C51H89N2O11PS. The summed E-state index contributed by atoms with van der Waals surface area (Å²) in [6.07, 6.45) is 42.5. The first-order valence-electron chi connectivity index (χ1n) is 24.6. The Kier molecular flexibility index (Phi) is 40.5. The number of aliphatic carboxylic acids is 1. The quantitative estimate of drug-likeness (QED) is 0.0130. The number of nitrogens with zero attached hydrogens (tertiary/aromatic N) is 1. The molecule has 5 atom stereocenters. The van der Waals surface area contributed by atoms with Gasteiger partial charge in [0.15, 0.2) is 6.10 Å². The lowest BCUT2D eigenvalue weighted by atomic mass is 10.1. The number of quaternary nitrogens is 1. The number of rotatable bonds is 44. The Morgan fingerprint density at radius 1 is 0.712 bits per heavy atom. The van der Waals surface area contributed by atoms with E-state index in [1.165, 1.54) is 50.3 Å². The Hall–Kier alpha value is -2.81. The van der Waals surface area contributed by atoms with Crippen molar-refractivity contribution < 1.29 is 57.1 Å². The van der Waals surface area contributed by atoms with E-state index in [4.69, 9.17) is 29.4 Å². The number of phosphoric ester groups is 1. The van der Waals surface area contributed by atoms with Crippen molar-refractivity contribution in [1.29, 1.82) is 0 Å². The van der Waals surface area contributed by atoms with Crippen LogP contribution in [0.1, 0.15) is 155 Å². The van der Waals surface area contributed by atoms with E-state index in [1.54, 1.807) is 12.2 Å². The van der Waals surface area contributed by atoms with E-state index in [9.17, 15) is 28.9 Å². The number of carbonyl (C=O) groups is 3. The topological polar surface area (TPSA) is 195 Å². The highest BCUT2D eigenvalue weighted by atomic mass is 32.2. The highest BCUT2D eigenvalue weighted by Crippen LogP contribution is 2.38. The average Bonchev–Trinajstić information content (AvgIpc) is 3.26. The summed E-state index contributed by atoms with van der Waals surface area (Å²) in [6, 6.07) is -1.14. The number of ether oxygens (including phenoxy) is 2. The number of thioether (sulfide) groups is 1. The molecule has 0 saturated carbocycles. The van der Waals surface area contributed by atoms with Gasteiger partial charge < -0.3 is 43.8 Å². The number of allylic oxidation sites excluding steroid dienone is 11. The summed E-state index contributed by atoms with van der Waals surface area (Å²) in [6.45, 7) is 3.57. The van der Waals surface area contributed by atoms with Crippen molar-refractivity contribution in [3.8, 4) is 0 Å². The lowest BCUT2D eigenvalue weighted by molar-refractivity contribution is -0.870. The van der Waals surface area contributed by atoms with E-state index < -0.39 is 62.4 Å². The molecule has 0 aromatic heterocycles. The summed E-state index contributed by atoms with van der Waals surface area (Å²) in [7, 11) is 0.892. The van der Waals surface area contributed by atoms with Crippen LogP contribution in [0.3, 0.4) is 0 Å². The van der Waals surface area contributed by atoms with Crippen molar-refractivity contribution in [1.82, 2.24) is 0 Å². The third-order valence-corrected chi connectivity index (χ3v) is 12.6. The Labute approximate surface area is 403 Å². The fraction of sp³-hybridized carbons (Fsp3) is 0.706. The molecule has 0 rings (SSSR count). The average molecular weight is 969 g/mol. The van der Waals surface area contributed by atoms with E-state index in [0.29, 0.717) is 17.4 Å². The van der Waals surface area contributed by atoms with Crippen molar-refractivity contribution >= 4 is 37.5 Å². The highest BCUT2D eigenvalue weighted by molar-refractivity contribution is 8.00. The van der Waals surface area contributed by atoms with Gasteiger partial charge in [-0.25, -0.2) is 0 Å². The molecule has 4 N–H and O–H groups in total. The van der Waals surface area contributed by atoms with Crippen molar-refractivity contribution in [3.05, 3.63) is 72.9 Å². The zero-order valence-electron chi connectivity index (χ0n) is 41.3. The Bertz CT molecular complexity index is 1480. The molecule has 0 aromatic rings. The molecule has 0 aliphatic carbocycles. The van der Waals surface area contributed by atoms with E-state index in [2.05, 4.69) is 50.3 Å². The number of aliphatic hydroxyl groups excluding tert-OH is 1. The molecule has 0 bridgehead atoms. The Morgan fingerprint density at radius 3 is 1.86 bits per heavy atom. The van der Waals surface area contributed by atoms with Gasteiger partial charge in [-0.3, -0.25) is 18.9 Å². The lowest BCUT2D eigenvalue weighted by Gasteiger charge is -2.28. The van der Waals surface area contributed by atoms with Crippen LogP contribution in [0.5, 0.6) is 0 Å². The number of carboxylic acids is 1. The summed E-state index contributed by atoms with van der Waals surface area (Å²) < 4.78 is 34.0. The first-order valence-corrected chi connectivity index (χ1v) is 27.1. The number of unbranched alkanes of at least 4 members (excludes halogenated alkanes) is 13. The molecule has 0 aliphatic rings. The van der Waals surface area contributed by atoms with Crippen molar-refractivity contribution in [2.24, 2.45) is 5.73 Å². The van der Waals surface area contributed by atoms with Gasteiger partial charge in [0.2, 0.25) is 0 Å². The molecule has 0 heterocycles. The second-order valence-electron chi connectivity index (χ2n) is 17.7. The fourth-order valence-electron chi connectivity index (χ4n) is 6.18. The first kappa shape index (κ1) is 63.2. The summed E-state index contributed by atoms with van der Waals surface area (Å²) in [5.74, 6) is -2.30. The van der Waals surface area contributed by atoms with Crippen LogP contribution in [0.15, 0.2) is 72.9 Å².